The third kappa shape index (κ3) is 4.50. The maximum Gasteiger partial charge on any atom is 0.416 e. The predicted octanol–water partition coefficient (Wildman–Crippen LogP) is 7.08. The highest BCUT2D eigenvalue weighted by molar-refractivity contribution is 6.01. The van der Waals surface area contributed by atoms with Gasteiger partial charge in [0.25, 0.3) is 0 Å². The van der Waals surface area contributed by atoms with E-state index >= 15 is 0 Å². The van der Waals surface area contributed by atoms with Gasteiger partial charge in [-0.25, -0.2) is 0 Å². The summed E-state index contributed by atoms with van der Waals surface area (Å²) in [5.41, 5.74) is 2.68. The number of para-hydroxylation sites is 2. The van der Waals surface area contributed by atoms with Crippen molar-refractivity contribution in [2.75, 3.05) is 17.2 Å². The van der Waals surface area contributed by atoms with Crippen molar-refractivity contribution in [3.8, 4) is 5.75 Å². The lowest BCUT2D eigenvalue weighted by molar-refractivity contribution is -0.138. The summed E-state index contributed by atoms with van der Waals surface area (Å²) >= 11 is 0. The molecule has 0 bridgehead atoms. The van der Waals surface area contributed by atoms with Crippen LogP contribution in [0.2, 0.25) is 0 Å². The van der Waals surface area contributed by atoms with Gasteiger partial charge in [-0.05, 0) is 60.7 Å². The quantitative estimate of drug-likeness (QED) is 0.421. The first-order valence-electron chi connectivity index (χ1n) is 11.6. The fraction of sp³-hybridized carbons (Fsp3) is 0.250. The summed E-state index contributed by atoms with van der Waals surface area (Å²) in [4.78, 5) is 13.6. The molecule has 0 spiro atoms. The van der Waals surface area contributed by atoms with E-state index in [-0.39, 0.29) is 23.7 Å². The Labute approximate surface area is 201 Å². The summed E-state index contributed by atoms with van der Waals surface area (Å²) in [7, 11) is 0. The number of halogens is 3. The van der Waals surface area contributed by atoms with E-state index in [4.69, 9.17) is 4.74 Å². The fourth-order valence-electron chi connectivity index (χ4n) is 4.97. The van der Waals surface area contributed by atoms with Crippen LogP contribution in [0.4, 0.5) is 24.5 Å². The largest absolute Gasteiger partial charge is 0.494 e. The molecule has 0 saturated heterocycles. The number of alkyl halides is 3. The highest BCUT2D eigenvalue weighted by Crippen LogP contribution is 2.46. The van der Waals surface area contributed by atoms with Crippen molar-refractivity contribution in [2.24, 2.45) is 0 Å². The molecular formula is C28H25F3N2O2. The Kier molecular flexibility index (Phi) is 6.01. The van der Waals surface area contributed by atoms with Crippen molar-refractivity contribution in [2.45, 2.75) is 37.9 Å². The number of hydrogen-bond donors (Lipinski definition) is 2. The summed E-state index contributed by atoms with van der Waals surface area (Å²) in [6.07, 6.45) is -3.81. The first-order chi connectivity index (χ1) is 16.8. The lowest BCUT2D eigenvalue weighted by Gasteiger charge is -2.31. The number of rotatable bonds is 4. The standard InChI is InChI=1S/C28H25F3N2O2/c1-2-35-19-13-11-17(12-14-19)18-15-24-26(25(34)16-18)27(33-23-10-6-5-9-22(23)32-24)20-7-3-4-8-21(20)28(29,30)31/h3-14,18,27,32-33H,2,15-16H2,1H3. The van der Waals surface area contributed by atoms with Crippen LogP contribution in [0.15, 0.2) is 84.1 Å². The van der Waals surface area contributed by atoms with Crippen molar-refractivity contribution in [3.63, 3.8) is 0 Å². The van der Waals surface area contributed by atoms with Crippen LogP contribution in [0.25, 0.3) is 0 Å². The minimum absolute atomic E-state index is 0.0406. The molecule has 4 nitrogen and oxygen atoms in total. The molecule has 180 valence electrons. The van der Waals surface area contributed by atoms with E-state index < -0.39 is 17.8 Å². The van der Waals surface area contributed by atoms with E-state index in [0.29, 0.717) is 30.0 Å². The Morgan fingerprint density at radius 2 is 1.60 bits per heavy atom. The smallest absolute Gasteiger partial charge is 0.416 e. The van der Waals surface area contributed by atoms with Crippen LogP contribution in [0.1, 0.15) is 48.4 Å². The van der Waals surface area contributed by atoms with Gasteiger partial charge < -0.3 is 15.4 Å². The van der Waals surface area contributed by atoms with Gasteiger partial charge in [-0.3, -0.25) is 4.79 Å². The molecule has 2 aliphatic rings. The van der Waals surface area contributed by atoms with Crippen LogP contribution >= 0.6 is 0 Å². The number of carbonyl (C=O) groups excluding carboxylic acids is 1. The van der Waals surface area contributed by atoms with Crippen molar-refractivity contribution in [1.82, 2.24) is 0 Å². The molecule has 0 amide bonds. The second-order valence-corrected chi connectivity index (χ2v) is 8.76. The summed E-state index contributed by atoms with van der Waals surface area (Å²) in [6.45, 7) is 2.48. The zero-order chi connectivity index (χ0) is 24.6. The zero-order valence-corrected chi connectivity index (χ0v) is 19.2. The summed E-state index contributed by atoms with van der Waals surface area (Å²) in [6, 6.07) is 19.5. The molecule has 1 aliphatic carbocycles. The molecule has 0 saturated carbocycles. The molecule has 3 aromatic rings. The molecule has 35 heavy (non-hydrogen) atoms. The number of ketones is 1. The summed E-state index contributed by atoms with van der Waals surface area (Å²) in [5, 5.41) is 6.61. The number of nitrogens with one attached hydrogen (secondary N) is 2. The van der Waals surface area contributed by atoms with E-state index in [0.717, 1.165) is 23.1 Å². The maximum absolute atomic E-state index is 13.9. The molecule has 7 heteroatoms. The molecule has 2 atom stereocenters. The molecule has 0 fully saturated rings. The topological polar surface area (TPSA) is 50.4 Å². The molecule has 2 unspecified atom stereocenters. The van der Waals surface area contributed by atoms with E-state index in [1.807, 2.05) is 49.4 Å². The third-order valence-electron chi connectivity index (χ3n) is 6.55. The van der Waals surface area contributed by atoms with Crippen LogP contribution in [-0.2, 0) is 11.0 Å². The first-order valence-corrected chi connectivity index (χ1v) is 11.6. The van der Waals surface area contributed by atoms with Crippen molar-refractivity contribution in [3.05, 3.63) is 101 Å². The fourth-order valence-corrected chi connectivity index (χ4v) is 4.97. The van der Waals surface area contributed by atoms with Gasteiger partial charge in [0.05, 0.1) is 29.6 Å². The molecular weight excluding hydrogens is 453 g/mol. The molecule has 1 heterocycles. The van der Waals surface area contributed by atoms with Gasteiger partial charge in [0, 0.05) is 17.7 Å². The molecule has 0 radical (unpaired) electrons. The number of anilines is 2. The van der Waals surface area contributed by atoms with Gasteiger partial charge in [-0.1, -0.05) is 42.5 Å². The molecule has 3 aromatic carbocycles. The first kappa shape index (κ1) is 23.0. The van der Waals surface area contributed by atoms with E-state index in [2.05, 4.69) is 10.6 Å². The van der Waals surface area contributed by atoms with Gasteiger partial charge in [0.1, 0.15) is 5.75 Å². The second kappa shape index (κ2) is 9.13. The zero-order valence-electron chi connectivity index (χ0n) is 19.2. The Balaban J connectivity index is 1.59. The number of fused-ring (bicyclic) bond motifs is 1. The van der Waals surface area contributed by atoms with Crippen molar-refractivity contribution >= 4 is 17.2 Å². The summed E-state index contributed by atoms with van der Waals surface area (Å²) < 4.78 is 47.3. The van der Waals surface area contributed by atoms with Gasteiger partial charge in [0.2, 0.25) is 0 Å². The molecule has 5 rings (SSSR count). The van der Waals surface area contributed by atoms with Crippen LogP contribution in [0.3, 0.4) is 0 Å². The number of carbonyl (C=O) groups is 1. The van der Waals surface area contributed by atoms with Crippen molar-refractivity contribution < 1.29 is 22.7 Å². The predicted molar refractivity (Wildman–Crippen MR) is 129 cm³/mol. The molecule has 1 aliphatic heterocycles. The minimum Gasteiger partial charge on any atom is -0.494 e. The second-order valence-electron chi connectivity index (χ2n) is 8.76. The van der Waals surface area contributed by atoms with Crippen LogP contribution < -0.4 is 15.4 Å². The van der Waals surface area contributed by atoms with E-state index in [1.165, 1.54) is 12.1 Å². The summed E-state index contributed by atoms with van der Waals surface area (Å²) in [5.74, 6) is 0.501. The molecule has 2 N–H and O–H groups in total. The third-order valence-corrected chi connectivity index (χ3v) is 6.55. The van der Waals surface area contributed by atoms with Gasteiger partial charge in [-0.2, -0.15) is 13.2 Å². The van der Waals surface area contributed by atoms with Gasteiger partial charge in [-0.15, -0.1) is 0 Å². The average molecular weight is 479 g/mol. The maximum atomic E-state index is 13.9. The van der Waals surface area contributed by atoms with E-state index in [1.54, 1.807) is 12.1 Å². The molecule has 0 aromatic heterocycles. The van der Waals surface area contributed by atoms with Gasteiger partial charge in [0.15, 0.2) is 5.78 Å². The lowest BCUT2D eigenvalue weighted by atomic mass is 9.78. The Morgan fingerprint density at radius 1 is 0.914 bits per heavy atom. The van der Waals surface area contributed by atoms with Crippen molar-refractivity contribution in [1.29, 1.82) is 0 Å². The Hall–Kier alpha value is -3.74. The number of Topliss-reactive ketones (excluding diaryl/α,β-unsaturated/α-hetero) is 1. The highest BCUT2D eigenvalue weighted by atomic mass is 19.4. The number of allylic oxidation sites excluding steroid dienone is 1. The average Bonchev–Trinajstić information content (AvgIpc) is 3.01. The number of ether oxygens (including phenoxy) is 1. The minimum atomic E-state index is -4.54. The normalized spacial score (nSPS) is 19.7. The number of benzene rings is 3. The van der Waals surface area contributed by atoms with Gasteiger partial charge >= 0.3 is 6.18 Å². The van der Waals surface area contributed by atoms with E-state index in [9.17, 15) is 18.0 Å². The SMILES string of the molecule is CCOc1ccc(C2CC(=O)C3=C(C2)Nc2ccccc2NC3c2ccccc2C(F)(F)F)cc1. The number of hydrogen-bond acceptors (Lipinski definition) is 4. The van der Waals surface area contributed by atoms with Crippen LogP contribution in [0, 0.1) is 0 Å². The highest BCUT2D eigenvalue weighted by Gasteiger charge is 2.40. The monoisotopic (exact) mass is 478 g/mol. The Morgan fingerprint density at radius 3 is 2.31 bits per heavy atom. The lowest BCUT2D eigenvalue weighted by Crippen LogP contribution is -2.28. The van der Waals surface area contributed by atoms with Crippen LogP contribution in [-0.4, -0.2) is 12.4 Å². The Bertz CT molecular complexity index is 1280. The van der Waals surface area contributed by atoms with Crippen LogP contribution in [0.5, 0.6) is 5.75 Å².